The van der Waals surface area contributed by atoms with E-state index in [9.17, 15) is 15.0 Å². The molecule has 2 N–H and O–H groups in total. The van der Waals surface area contributed by atoms with Crippen LogP contribution in [-0.2, 0) is 0 Å². The van der Waals surface area contributed by atoms with Gasteiger partial charge in [-0.25, -0.2) is 0 Å². The second-order valence-corrected chi connectivity index (χ2v) is 5.66. The largest absolute Gasteiger partial charge is 0.507 e. The zero-order valence-corrected chi connectivity index (χ0v) is 13.2. The summed E-state index contributed by atoms with van der Waals surface area (Å²) in [4.78, 5) is 12.5. The lowest BCUT2D eigenvalue weighted by Crippen LogP contribution is -2.21. The van der Waals surface area contributed by atoms with E-state index in [-0.39, 0.29) is 40.6 Å². The topological polar surface area (TPSA) is 76.0 Å². The van der Waals surface area contributed by atoms with Crippen molar-refractivity contribution in [3.8, 4) is 23.0 Å². The van der Waals surface area contributed by atoms with Crippen LogP contribution in [0.15, 0.2) is 24.3 Å². The molecular weight excluding hydrogens is 296 g/mol. The Morgan fingerprint density at radius 1 is 1.17 bits per heavy atom. The van der Waals surface area contributed by atoms with E-state index < -0.39 is 6.10 Å². The number of aromatic hydroxyl groups is 2. The summed E-state index contributed by atoms with van der Waals surface area (Å²) in [7, 11) is 1.57. The van der Waals surface area contributed by atoms with Gasteiger partial charge in [-0.3, -0.25) is 4.79 Å². The molecule has 0 saturated heterocycles. The van der Waals surface area contributed by atoms with Crippen LogP contribution in [-0.4, -0.2) is 23.1 Å². The third-order valence-corrected chi connectivity index (χ3v) is 4.25. The van der Waals surface area contributed by atoms with E-state index in [1.807, 2.05) is 24.3 Å². The van der Waals surface area contributed by atoms with Crippen LogP contribution in [0.1, 0.15) is 39.6 Å². The van der Waals surface area contributed by atoms with Crippen molar-refractivity contribution in [2.24, 2.45) is 0 Å². The van der Waals surface area contributed by atoms with E-state index in [0.717, 1.165) is 5.56 Å². The van der Waals surface area contributed by atoms with E-state index in [2.05, 4.69) is 0 Å². The van der Waals surface area contributed by atoms with Gasteiger partial charge in [0.15, 0.2) is 5.78 Å². The molecule has 0 spiro atoms. The van der Waals surface area contributed by atoms with Gasteiger partial charge < -0.3 is 19.7 Å². The highest BCUT2D eigenvalue weighted by atomic mass is 16.5. The fourth-order valence-electron chi connectivity index (χ4n) is 2.87. The van der Waals surface area contributed by atoms with Gasteiger partial charge in [0.25, 0.3) is 0 Å². The van der Waals surface area contributed by atoms with Gasteiger partial charge in [0.05, 0.1) is 13.5 Å². The van der Waals surface area contributed by atoms with E-state index in [1.165, 1.54) is 0 Å². The molecule has 1 aliphatic heterocycles. The molecule has 1 atom stereocenters. The molecule has 0 aliphatic carbocycles. The average Bonchev–Trinajstić information content (AvgIpc) is 2.57. The van der Waals surface area contributed by atoms with Crippen LogP contribution in [0.2, 0.25) is 0 Å². The minimum atomic E-state index is -0.481. The second kappa shape index (κ2) is 5.50. The number of hydrogen-bond acceptors (Lipinski definition) is 5. The van der Waals surface area contributed by atoms with Gasteiger partial charge in [-0.05, 0) is 31.5 Å². The molecule has 0 saturated carbocycles. The lowest BCUT2D eigenvalue weighted by molar-refractivity contribution is 0.0842. The zero-order chi connectivity index (χ0) is 16.7. The smallest absolute Gasteiger partial charge is 0.174 e. The third kappa shape index (κ3) is 2.38. The number of carbonyl (C=O) groups excluding carboxylic acids is 1. The number of Topliss-reactive ketones (excluding diaryl/α,β-unsaturated/α-hetero) is 1. The normalized spacial score (nSPS) is 16.7. The first-order valence-electron chi connectivity index (χ1n) is 7.33. The number of carbonyl (C=O) groups is 1. The highest BCUT2D eigenvalue weighted by Gasteiger charge is 2.34. The van der Waals surface area contributed by atoms with Gasteiger partial charge in [0.1, 0.15) is 34.7 Å². The Bertz CT molecular complexity index is 794. The molecule has 0 bridgehead atoms. The predicted octanol–water partition coefficient (Wildman–Crippen LogP) is 3.43. The van der Waals surface area contributed by atoms with Gasteiger partial charge in [-0.15, -0.1) is 0 Å². The van der Waals surface area contributed by atoms with Crippen LogP contribution in [0.4, 0.5) is 0 Å². The van der Waals surface area contributed by atoms with Crippen molar-refractivity contribution in [1.29, 1.82) is 0 Å². The lowest BCUT2D eigenvalue weighted by Gasteiger charge is -2.28. The minimum absolute atomic E-state index is 0.0552. The summed E-state index contributed by atoms with van der Waals surface area (Å²) in [6.45, 7) is 3.24. The summed E-state index contributed by atoms with van der Waals surface area (Å²) in [5, 5.41) is 20.3. The number of benzene rings is 2. The third-order valence-electron chi connectivity index (χ3n) is 4.25. The summed E-state index contributed by atoms with van der Waals surface area (Å²) in [6, 6.07) is 7.31. The summed E-state index contributed by atoms with van der Waals surface area (Å²) < 4.78 is 11.1. The van der Waals surface area contributed by atoms with Gasteiger partial charge in [-0.1, -0.05) is 12.1 Å². The van der Waals surface area contributed by atoms with Crippen LogP contribution < -0.4 is 9.47 Å². The Labute approximate surface area is 134 Å². The number of methoxy groups -OCH3 is 1. The Balaban J connectivity index is 2.09. The lowest BCUT2D eigenvalue weighted by atomic mass is 9.91. The fourth-order valence-corrected chi connectivity index (χ4v) is 2.87. The van der Waals surface area contributed by atoms with Crippen LogP contribution in [0.3, 0.4) is 0 Å². The molecule has 1 aliphatic rings. The molecular formula is C18H18O5. The maximum absolute atomic E-state index is 12.5. The highest BCUT2D eigenvalue weighted by Crippen LogP contribution is 2.47. The number of phenolic OH excluding ortho intramolecular Hbond substituents is 2. The quantitative estimate of drug-likeness (QED) is 0.888. The zero-order valence-electron chi connectivity index (χ0n) is 13.2. The van der Waals surface area contributed by atoms with E-state index in [0.29, 0.717) is 11.3 Å². The van der Waals surface area contributed by atoms with Crippen LogP contribution in [0.25, 0.3) is 0 Å². The first-order valence-corrected chi connectivity index (χ1v) is 7.33. The van der Waals surface area contributed by atoms with Crippen molar-refractivity contribution in [3.63, 3.8) is 0 Å². The van der Waals surface area contributed by atoms with E-state index >= 15 is 0 Å². The summed E-state index contributed by atoms with van der Waals surface area (Å²) in [5.41, 5.74) is 1.70. The Morgan fingerprint density at radius 2 is 1.91 bits per heavy atom. The standard InChI is InChI=1S/C18H18O5/c1-9-16(20)10(2)18-15(17(9)21)13(19)8-14(23-18)11-5-4-6-12(7-11)22-3/h4-7,14,20-21H,8H2,1-3H3. The van der Waals surface area contributed by atoms with Gasteiger partial charge in [0.2, 0.25) is 0 Å². The van der Waals surface area contributed by atoms with Gasteiger partial charge in [0, 0.05) is 11.1 Å². The van der Waals surface area contributed by atoms with E-state index in [1.54, 1.807) is 21.0 Å². The first kappa shape index (κ1) is 15.2. The predicted molar refractivity (Wildman–Crippen MR) is 84.6 cm³/mol. The number of fused-ring (bicyclic) bond motifs is 1. The highest BCUT2D eigenvalue weighted by molar-refractivity contribution is 6.03. The summed E-state index contributed by atoms with van der Waals surface area (Å²) >= 11 is 0. The Morgan fingerprint density at radius 3 is 2.61 bits per heavy atom. The molecule has 0 aromatic heterocycles. The number of ether oxygens (including phenoxy) is 2. The van der Waals surface area contributed by atoms with Crippen LogP contribution in [0, 0.1) is 13.8 Å². The minimum Gasteiger partial charge on any atom is -0.507 e. The monoisotopic (exact) mass is 314 g/mol. The maximum Gasteiger partial charge on any atom is 0.174 e. The molecule has 23 heavy (non-hydrogen) atoms. The summed E-state index contributed by atoms with van der Waals surface area (Å²) in [6.07, 6.45) is -0.359. The number of ketones is 1. The number of rotatable bonds is 2. The van der Waals surface area contributed by atoms with Crippen molar-refractivity contribution in [2.75, 3.05) is 7.11 Å². The van der Waals surface area contributed by atoms with Crippen molar-refractivity contribution in [2.45, 2.75) is 26.4 Å². The Kier molecular flexibility index (Phi) is 3.64. The molecule has 0 amide bonds. The molecule has 2 aromatic rings. The van der Waals surface area contributed by atoms with Gasteiger partial charge in [-0.2, -0.15) is 0 Å². The van der Waals surface area contributed by atoms with Crippen LogP contribution in [0.5, 0.6) is 23.0 Å². The van der Waals surface area contributed by atoms with E-state index in [4.69, 9.17) is 9.47 Å². The van der Waals surface area contributed by atoms with Crippen molar-refractivity contribution in [1.82, 2.24) is 0 Å². The van der Waals surface area contributed by atoms with Crippen LogP contribution >= 0.6 is 0 Å². The molecule has 0 radical (unpaired) electrons. The molecule has 5 nitrogen and oxygen atoms in total. The average molecular weight is 314 g/mol. The van der Waals surface area contributed by atoms with Crippen molar-refractivity contribution in [3.05, 3.63) is 46.5 Å². The molecule has 120 valence electrons. The number of phenols is 2. The molecule has 5 heteroatoms. The Hall–Kier alpha value is -2.69. The molecule has 0 fully saturated rings. The van der Waals surface area contributed by atoms with Crippen molar-refractivity contribution < 1.29 is 24.5 Å². The first-order chi connectivity index (χ1) is 10.9. The maximum atomic E-state index is 12.5. The fraction of sp³-hybridized carbons (Fsp3) is 0.278. The second-order valence-electron chi connectivity index (χ2n) is 5.66. The van der Waals surface area contributed by atoms with Crippen molar-refractivity contribution >= 4 is 5.78 Å². The number of hydrogen-bond donors (Lipinski definition) is 2. The SMILES string of the molecule is COc1cccc(C2CC(=O)c3c(O)c(C)c(O)c(C)c3O2)c1. The molecule has 1 heterocycles. The molecule has 3 rings (SSSR count). The van der Waals surface area contributed by atoms with Gasteiger partial charge >= 0.3 is 0 Å². The molecule has 1 unspecified atom stereocenters. The summed E-state index contributed by atoms with van der Waals surface area (Å²) in [5.74, 6) is 0.450. The molecule has 2 aromatic carbocycles.